The Morgan fingerprint density at radius 1 is 1.13 bits per heavy atom. The van der Waals surface area contributed by atoms with Gasteiger partial charge in [-0.2, -0.15) is 0 Å². The van der Waals surface area contributed by atoms with Crippen LogP contribution in [-0.4, -0.2) is 24.1 Å². The minimum absolute atomic E-state index is 0.225. The van der Waals surface area contributed by atoms with Crippen LogP contribution in [0.25, 0.3) is 22.2 Å². The van der Waals surface area contributed by atoms with E-state index >= 15 is 0 Å². The first kappa shape index (κ1) is 14.3. The van der Waals surface area contributed by atoms with Gasteiger partial charge in [0.15, 0.2) is 0 Å². The Hall–Kier alpha value is -2.34. The zero-order valence-electron chi connectivity index (χ0n) is 12.5. The first-order valence-electron chi connectivity index (χ1n) is 7.64. The van der Waals surface area contributed by atoms with E-state index in [4.69, 9.17) is 0 Å². The van der Waals surface area contributed by atoms with Crippen LogP contribution in [0.15, 0.2) is 48.8 Å². The van der Waals surface area contributed by atoms with Gasteiger partial charge in [0.25, 0.3) is 0 Å². The minimum Gasteiger partial charge on any atom is -0.346 e. The van der Waals surface area contributed by atoms with E-state index < -0.39 is 10.0 Å². The van der Waals surface area contributed by atoms with Crippen LogP contribution >= 0.6 is 0 Å². The van der Waals surface area contributed by atoms with Gasteiger partial charge in [-0.3, -0.25) is 4.72 Å². The molecule has 0 unspecified atom stereocenters. The van der Waals surface area contributed by atoms with E-state index in [2.05, 4.69) is 14.7 Å². The van der Waals surface area contributed by atoms with Crippen LogP contribution in [-0.2, 0) is 10.0 Å². The molecule has 0 saturated heterocycles. The predicted molar refractivity (Wildman–Crippen MR) is 91.7 cm³/mol. The fourth-order valence-corrected chi connectivity index (χ4v) is 4.28. The average molecular weight is 327 g/mol. The third kappa shape index (κ3) is 3.07. The highest BCUT2D eigenvalue weighted by Gasteiger charge is 2.27. The van der Waals surface area contributed by atoms with Crippen molar-refractivity contribution in [1.82, 2.24) is 9.97 Å². The number of hydrogen-bond donors (Lipinski definition) is 2. The van der Waals surface area contributed by atoms with Crippen molar-refractivity contribution in [2.24, 2.45) is 5.92 Å². The zero-order chi connectivity index (χ0) is 15.9. The highest BCUT2D eigenvalue weighted by molar-refractivity contribution is 7.92. The van der Waals surface area contributed by atoms with Crippen molar-refractivity contribution in [2.75, 3.05) is 10.5 Å². The van der Waals surface area contributed by atoms with Gasteiger partial charge < -0.3 is 4.98 Å². The number of aromatic amines is 1. The Labute approximate surface area is 134 Å². The molecule has 0 aliphatic heterocycles. The lowest BCUT2D eigenvalue weighted by Gasteiger charge is -2.09. The summed E-state index contributed by atoms with van der Waals surface area (Å²) >= 11 is 0. The predicted octanol–water partition coefficient (Wildman–Crippen LogP) is 3.38. The number of rotatable bonds is 5. The smallest absolute Gasteiger partial charge is 0.232 e. The molecule has 5 nitrogen and oxygen atoms in total. The van der Waals surface area contributed by atoms with Gasteiger partial charge in [0.05, 0.1) is 5.75 Å². The summed E-state index contributed by atoms with van der Waals surface area (Å²) < 4.78 is 26.7. The number of pyridine rings is 1. The van der Waals surface area contributed by atoms with Gasteiger partial charge in [0.2, 0.25) is 10.0 Å². The fraction of sp³-hybridized carbons (Fsp3) is 0.235. The molecule has 0 radical (unpaired) electrons. The maximum Gasteiger partial charge on any atom is 0.232 e. The van der Waals surface area contributed by atoms with Crippen molar-refractivity contribution in [3.63, 3.8) is 0 Å². The molecule has 0 bridgehead atoms. The monoisotopic (exact) mass is 327 g/mol. The molecule has 2 heterocycles. The van der Waals surface area contributed by atoms with E-state index in [1.54, 1.807) is 18.3 Å². The first-order valence-corrected chi connectivity index (χ1v) is 9.29. The summed E-state index contributed by atoms with van der Waals surface area (Å²) in [6.07, 6.45) is 5.67. The third-order valence-corrected chi connectivity index (χ3v) is 5.54. The Kier molecular flexibility index (Phi) is 3.34. The SMILES string of the molecule is O=S(=O)(CC1CC1)Nc1ccc(-c2ccnc3[nH]ccc23)cc1. The topological polar surface area (TPSA) is 74.8 Å². The maximum atomic E-state index is 12.0. The number of hydrogen-bond acceptors (Lipinski definition) is 3. The lowest BCUT2D eigenvalue weighted by atomic mass is 10.0. The second kappa shape index (κ2) is 5.38. The summed E-state index contributed by atoms with van der Waals surface area (Å²) in [5.41, 5.74) is 3.55. The molecule has 1 fully saturated rings. The summed E-state index contributed by atoms with van der Waals surface area (Å²) in [5.74, 6) is 0.564. The van der Waals surface area contributed by atoms with E-state index in [0.717, 1.165) is 35.0 Å². The van der Waals surface area contributed by atoms with Crippen molar-refractivity contribution in [3.05, 3.63) is 48.8 Å². The molecule has 1 aromatic carbocycles. The van der Waals surface area contributed by atoms with Gasteiger partial charge in [-0.15, -0.1) is 0 Å². The number of nitrogens with one attached hydrogen (secondary N) is 2. The van der Waals surface area contributed by atoms with Crippen molar-refractivity contribution in [2.45, 2.75) is 12.8 Å². The van der Waals surface area contributed by atoms with Gasteiger partial charge in [-0.05, 0) is 54.2 Å². The molecule has 0 spiro atoms. The highest BCUT2D eigenvalue weighted by Crippen LogP contribution is 2.31. The number of anilines is 1. The lowest BCUT2D eigenvalue weighted by Crippen LogP contribution is -2.17. The molecule has 4 rings (SSSR count). The number of fused-ring (bicyclic) bond motifs is 1. The normalized spacial score (nSPS) is 15.0. The van der Waals surface area contributed by atoms with Crippen LogP contribution in [0.3, 0.4) is 0 Å². The third-order valence-electron chi connectivity index (χ3n) is 4.08. The van der Waals surface area contributed by atoms with E-state index in [1.807, 2.05) is 30.5 Å². The van der Waals surface area contributed by atoms with Crippen molar-refractivity contribution >= 4 is 26.7 Å². The summed E-state index contributed by atoms with van der Waals surface area (Å²) in [4.78, 5) is 7.37. The summed E-state index contributed by atoms with van der Waals surface area (Å²) in [5, 5.41) is 1.05. The van der Waals surface area contributed by atoms with Crippen LogP contribution in [0, 0.1) is 5.92 Å². The van der Waals surface area contributed by atoms with Gasteiger partial charge in [-0.1, -0.05) is 12.1 Å². The van der Waals surface area contributed by atoms with E-state index in [-0.39, 0.29) is 5.75 Å². The molecule has 1 aliphatic rings. The molecular formula is C17H17N3O2S. The molecule has 0 atom stereocenters. The Morgan fingerprint density at radius 2 is 1.91 bits per heavy atom. The van der Waals surface area contributed by atoms with Crippen LogP contribution in [0.4, 0.5) is 5.69 Å². The van der Waals surface area contributed by atoms with Gasteiger partial charge in [-0.25, -0.2) is 13.4 Å². The molecule has 118 valence electrons. The Balaban J connectivity index is 1.59. The number of nitrogens with zero attached hydrogens (tertiary/aromatic N) is 1. The van der Waals surface area contributed by atoms with Crippen molar-refractivity contribution in [3.8, 4) is 11.1 Å². The maximum absolute atomic E-state index is 12.0. The summed E-state index contributed by atoms with van der Waals surface area (Å²) in [7, 11) is -3.24. The first-order chi connectivity index (χ1) is 11.1. The number of H-pyrrole nitrogens is 1. The quantitative estimate of drug-likeness (QED) is 0.754. The van der Waals surface area contributed by atoms with Crippen LogP contribution in [0.2, 0.25) is 0 Å². The second-order valence-electron chi connectivity index (χ2n) is 6.00. The van der Waals surface area contributed by atoms with E-state index in [9.17, 15) is 8.42 Å². The molecule has 2 aromatic heterocycles. The van der Waals surface area contributed by atoms with E-state index in [0.29, 0.717) is 11.6 Å². The molecule has 0 amide bonds. The molecule has 1 saturated carbocycles. The van der Waals surface area contributed by atoms with Crippen LogP contribution in [0.5, 0.6) is 0 Å². The second-order valence-corrected chi connectivity index (χ2v) is 7.77. The van der Waals surface area contributed by atoms with E-state index in [1.165, 1.54) is 0 Å². The number of sulfonamides is 1. The average Bonchev–Trinajstić information content (AvgIpc) is 3.18. The van der Waals surface area contributed by atoms with Crippen LogP contribution in [0.1, 0.15) is 12.8 Å². The fourth-order valence-electron chi connectivity index (χ4n) is 2.75. The van der Waals surface area contributed by atoms with Crippen molar-refractivity contribution < 1.29 is 8.42 Å². The van der Waals surface area contributed by atoms with Gasteiger partial charge >= 0.3 is 0 Å². The summed E-state index contributed by atoms with van der Waals surface area (Å²) in [6.45, 7) is 0. The zero-order valence-corrected chi connectivity index (χ0v) is 13.3. The molecule has 23 heavy (non-hydrogen) atoms. The standard InChI is InChI=1S/C17H17N3O2S/c21-23(22,11-12-1-2-12)20-14-5-3-13(4-6-14)15-7-9-18-17-16(15)8-10-19-17/h3-10,12,20H,1-2,11H2,(H,18,19). The van der Waals surface area contributed by atoms with Gasteiger partial charge in [0.1, 0.15) is 5.65 Å². The molecule has 6 heteroatoms. The lowest BCUT2D eigenvalue weighted by molar-refractivity contribution is 0.597. The number of aromatic nitrogens is 2. The Bertz CT molecular complexity index is 941. The highest BCUT2D eigenvalue weighted by atomic mass is 32.2. The number of benzene rings is 1. The Morgan fingerprint density at radius 3 is 2.65 bits per heavy atom. The molecule has 2 N–H and O–H groups in total. The van der Waals surface area contributed by atoms with Gasteiger partial charge in [0, 0.05) is 23.5 Å². The minimum atomic E-state index is -3.24. The van der Waals surface area contributed by atoms with Crippen molar-refractivity contribution in [1.29, 1.82) is 0 Å². The molecule has 1 aliphatic carbocycles. The molecular weight excluding hydrogens is 310 g/mol. The largest absolute Gasteiger partial charge is 0.346 e. The van der Waals surface area contributed by atoms with Crippen LogP contribution < -0.4 is 4.72 Å². The molecule has 3 aromatic rings. The summed E-state index contributed by atoms with van der Waals surface area (Å²) in [6, 6.07) is 11.4.